The molecule has 1 aromatic carbocycles. The average molecular weight is 268 g/mol. The second-order valence-corrected chi connectivity index (χ2v) is 4.73. The summed E-state index contributed by atoms with van der Waals surface area (Å²) in [5.41, 5.74) is 0.996. The molecule has 102 valence electrons. The van der Waals surface area contributed by atoms with Crippen LogP contribution in [0, 0.1) is 0 Å². The lowest BCUT2D eigenvalue weighted by atomic mass is 10.00. The highest BCUT2D eigenvalue weighted by atomic mass is 19.4. The number of rotatable bonds is 2. The summed E-state index contributed by atoms with van der Waals surface area (Å²) in [4.78, 5) is 3.69. The molecule has 0 fully saturated rings. The first-order valence-electron chi connectivity index (χ1n) is 6.02. The summed E-state index contributed by atoms with van der Waals surface area (Å²) < 4.78 is 38.2. The van der Waals surface area contributed by atoms with Crippen LogP contribution in [0.4, 0.5) is 18.9 Å². The standard InChI is InChI=1S/C14H15F3N2/c1-8(2)9-4-5-11-10(6-9)12(18-3)7-13(19-11)14(15,16)17/h4-8H,1-3H3,(H,18,19). The van der Waals surface area contributed by atoms with Crippen molar-refractivity contribution in [2.45, 2.75) is 25.9 Å². The Morgan fingerprint density at radius 3 is 2.37 bits per heavy atom. The monoisotopic (exact) mass is 268 g/mol. The lowest BCUT2D eigenvalue weighted by Gasteiger charge is -2.13. The van der Waals surface area contributed by atoms with Crippen molar-refractivity contribution in [2.24, 2.45) is 0 Å². The zero-order valence-corrected chi connectivity index (χ0v) is 11.0. The van der Waals surface area contributed by atoms with E-state index in [1.54, 1.807) is 13.1 Å². The van der Waals surface area contributed by atoms with Crippen molar-refractivity contribution in [1.29, 1.82) is 0 Å². The number of aromatic nitrogens is 1. The summed E-state index contributed by atoms with van der Waals surface area (Å²) >= 11 is 0. The summed E-state index contributed by atoms with van der Waals surface area (Å²) in [5, 5.41) is 3.52. The summed E-state index contributed by atoms with van der Waals surface area (Å²) in [6, 6.07) is 6.39. The van der Waals surface area contributed by atoms with Crippen LogP contribution in [-0.2, 0) is 6.18 Å². The normalized spacial score (nSPS) is 12.2. The number of nitrogens with one attached hydrogen (secondary N) is 1. The Morgan fingerprint density at radius 2 is 1.84 bits per heavy atom. The number of nitrogens with zero attached hydrogens (tertiary/aromatic N) is 1. The molecule has 0 bridgehead atoms. The van der Waals surface area contributed by atoms with Gasteiger partial charge in [-0.1, -0.05) is 19.9 Å². The van der Waals surface area contributed by atoms with Gasteiger partial charge in [0.25, 0.3) is 0 Å². The fourth-order valence-corrected chi connectivity index (χ4v) is 1.95. The third-order valence-corrected chi connectivity index (χ3v) is 3.06. The van der Waals surface area contributed by atoms with Crippen molar-refractivity contribution in [1.82, 2.24) is 4.98 Å². The van der Waals surface area contributed by atoms with Crippen molar-refractivity contribution in [3.8, 4) is 0 Å². The third-order valence-electron chi connectivity index (χ3n) is 3.06. The van der Waals surface area contributed by atoms with Gasteiger partial charge in [0.15, 0.2) is 0 Å². The molecule has 0 aliphatic carbocycles. The van der Waals surface area contributed by atoms with Crippen molar-refractivity contribution in [2.75, 3.05) is 12.4 Å². The molecule has 0 spiro atoms. The van der Waals surface area contributed by atoms with Gasteiger partial charge in [0.2, 0.25) is 0 Å². The Kier molecular flexibility index (Phi) is 3.39. The van der Waals surface area contributed by atoms with Gasteiger partial charge in [0.1, 0.15) is 5.69 Å². The van der Waals surface area contributed by atoms with Crippen LogP contribution in [0.3, 0.4) is 0 Å². The Hall–Kier alpha value is -1.78. The van der Waals surface area contributed by atoms with E-state index in [0.29, 0.717) is 22.5 Å². The van der Waals surface area contributed by atoms with Crippen LogP contribution in [0.5, 0.6) is 0 Å². The molecule has 19 heavy (non-hydrogen) atoms. The highest BCUT2D eigenvalue weighted by Crippen LogP contribution is 2.33. The first-order valence-corrected chi connectivity index (χ1v) is 6.02. The lowest BCUT2D eigenvalue weighted by Crippen LogP contribution is -2.09. The van der Waals surface area contributed by atoms with Gasteiger partial charge in [0, 0.05) is 18.1 Å². The quantitative estimate of drug-likeness (QED) is 0.872. The van der Waals surface area contributed by atoms with Gasteiger partial charge in [-0.25, -0.2) is 4.98 Å². The van der Waals surface area contributed by atoms with Gasteiger partial charge in [-0.2, -0.15) is 13.2 Å². The predicted octanol–water partition coefficient (Wildman–Crippen LogP) is 4.42. The Morgan fingerprint density at radius 1 is 1.16 bits per heavy atom. The van der Waals surface area contributed by atoms with Crippen molar-refractivity contribution < 1.29 is 13.2 Å². The second-order valence-electron chi connectivity index (χ2n) is 4.73. The van der Waals surface area contributed by atoms with Crippen LogP contribution >= 0.6 is 0 Å². The predicted molar refractivity (Wildman–Crippen MR) is 70.4 cm³/mol. The summed E-state index contributed by atoms with van der Waals surface area (Å²) in [6.07, 6.45) is -4.43. The van der Waals surface area contributed by atoms with E-state index in [-0.39, 0.29) is 0 Å². The van der Waals surface area contributed by atoms with Gasteiger partial charge in [-0.15, -0.1) is 0 Å². The zero-order chi connectivity index (χ0) is 14.2. The van der Waals surface area contributed by atoms with E-state index in [0.717, 1.165) is 11.6 Å². The molecule has 2 rings (SSSR count). The minimum Gasteiger partial charge on any atom is -0.388 e. The largest absolute Gasteiger partial charge is 0.433 e. The Bertz CT molecular complexity index is 603. The first kappa shape index (κ1) is 13.6. The summed E-state index contributed by atoms with van der Waals surface area (Å²) in [6.45, 7) is 4.08. The molecular weight excluding hydrogens is 253 g/mol. The maximum Gasteiger partial charge on any atom is 0.433 e. The molecule has 0 saturated heterocycles. The number of benzene rings is 1. The smallest absolute Gasteiger partial charge is 0.388 e. The molecular formula is C14H15F3N2. The van der Waals surface area contributed by atoms with Crippen LogP contribution in [0.25, 0.3) is 10.9 Å². The van der Waals surface area contributed by atoms with Gasteiger partial charge >= 0.3 is 6.18 Å². The topological polar surface area (TPSA) is 24.9 Å². The molecule has 0 amide bonds. The Labute approximate surface area is 109 Å². The molecule has 2 nitrogen and oxygen atoms in total. The number of halogens is 3. The van der Waals surface area contributed by atoms with Crippen molar-refractivity contribution in [3.05, 3.63) is 35.5 Å². The van der Waals surface area contributed by atoms with Crippen LogP contribution in [0.15, 0.2) is 24.3 Å². The number of anilines is 1. The molecule has 1 N–H and O–H groups in total. The number of pyridine rings is 1. The minimum absolute atomic E-state index is 0.316. The molecule has 5 heteroatoms. The lowest BCUT2D eigenvalue weighted by molar-refractivity contribution is -0.140. The van der Waals surface area contributed by atoms with E-state index in [4.69, 9.17) is 0 Å². The highest BCUT2D eigenvalue weighted by Gasteiger charge is 2.33. The van der Waals surface area contributed by atoms with E-state index in [1.807, 2.05) is 26.0 Å². The average Bonchev–Trinajstić information content (AvgIpc) is 2.35. The minimum atomic E-state index is -4.43. The first-order chi connectivity index (χ1) is 8.82. The molecule has 0 atom stereocenters. The number of alkyl halides is 3. The molecule has 0 saturated carbocycles. The van der Waals surface area contributed by atoms with Gasteiger partial charge < -0.3 is 5.32 Å². The zero-order valence-electron chi connectivity index (χ0n) is 11.0. The molecule has 1 aromatic heterocycles. The van der Waals surface area contributed by atoms with E-state index in [9.17, 15) is 13.2 Å². The molecule has 0 unspecified atom stereocenters. The molecule has 0 aliphatic heterocycles. The molecule has 1 heterocycles. The number of hydrogen-bond acceptors (Lipinski definition) is 2. The van der Waals surface area contributed by atoms with Gasteiger partial charge in [-0.05, 0) is 29.7 Å². The van der Waals surface area contributed by atoms with Crippen LogP contribution in [0.2, 0.25) is 0 Å². The maximum absolute atomic E-state index is 12.7. The highest BCUT2D eigenvalue weighted by molar-refractivity contribution is 5.92. The third kappa shape index (κ3) is 2.64. The SMILES string of the molecule is CNc1cc(C(F)(F)F)nc2ccc(C(C)C)cc12. The van der Waals surface area contributed by atoms with Crippen LogP contribution < -0.4 is 5.32 Å². The molecule has 0 aliphatic rings. The van der Waals surface area contributed by atoms with E-state index in [1.165, 1.54) is 0 Å². The number of hydrogen-bond donors (Lipinski definition) is 1. The molecule has 0 radical (unpaired) electrons. The molecule has 2 aromatic rings. The fourth-order valence-electron chi connectivity index (χ4n) is 1.95. The summed E-state index contributed by atoms with van der Waals surface area (Å²) in [7, 11) is 1.61. The van der Waals surface area contributed by atoms with Crippen molar-refractivity contribution >= 4 is 16.6 Å². The summed E-state index contributed by atoms with van der Waals surface area (Å²) in [5.74, 6) is 0.316. The maximum atomic E-state index is 12.7. The Balaban J connectivity index is 2.70. The van der Waals surface area contributed by atoms with Crippen LogP contribution in [-0.4, -0.2) is 12.0 Å². The number of fused-ring (bicyclic) bond motifs is 1. The fraction of sp³-hybridized carbons (Fsp3) is 0.357. The van der Waals surface area contributed by atoms with Gasteiger partial charge in [0.05, 0.1) is 5.52 Å². The second kappa shape index (κ2) is 4.72. The van der Waals surface area contributed by atoms with E-state index in [2.05, 4.69) is 10.3 Å². The van der Waals surface area contributed by atoms with E-state index < -0.39 is 11.9 Å². The van der Waals surface area contributed by atoms with Crippen LogP contribution in [0.1, 0.15) is 31.0 Å². The van der Waals surface area contributed by atoms with Gasteiger partial charge in [-0.3, -0.25) is 0 Å². The van der Waals surface area contributed by atoms with E-state index >= 15 is 0 Å². The van der Waals surface area contributed by atoms with Crippen molar-refractivity contribution in [3.63, 3.8) is 0 Å².